The molecule has 0 amide bonds. The van der Waals surface area contributed by atoms with Gasteiger partial charge in [0.25, 0.3) is 10.0 Å². The predicted molar refractivity (Wildman–Crippen MR) is 72.0 cm³/mol. The molecular formula is C10H16BrN2O2S2+. The number of thiophene rings is 1. The largest absolute Gasteiger partial charge is 0.333 e. The summed E-state index contributed by atoms with van der Waals surface area (Å²) in [6, 6.07) is 3.45. The molecule has 1 N–H and O–H groups in total. The minimum absolute atomic E-state index is 0.435. The second-order valence-corrected chi connectivity index (χ2v) is 8.69. The molecule has 1 aromatic rings. The smallest absolute Gasteiger partial charge is 0.252 e. The highest BCUT2D eigenvalue weighted by atomic mass is 79.9. The zero-order valence-corrected chi connectivity index (χ0v) is 12.9. The van der Waals surface area contributed by atoms with Crippen molar-refractivity contribution in [2.24, 2.45) is 0 Å². The van der Waals surface area contributed by atoms with E-state index < -0.39 is 10.0 Å². The third-order valence-corrected chi connectivity index (χ3v) is 7.06. The van der Waals surface area contributed by atoms with Crippen LogP contribution in [-0.4, -0.2) is 45.4 Å². The minimum atomic E-state index is -3.26. The van der Waals surface area contributed by atoms with Gasteiger partial charge in [0.15, 0.2) is 0 Å². The summed E-state index contributed by atoms with van der Waals surface area (Å²) in [6.45, 7) is 6.26. The highest BCUT2D eigenvalue weighted by Gasteiger charge is 2.30. The Labute approximate surface area is 114 Å². The summed E-state index contributed by atoms with van der Waals surface area (Å²) < 4.78 is 27.5. The summed E-state index contributed by atoms with van der Waals surface area (Å²) in [5, 5.41) is 0. The topological polar surface area (TPSA) is 41.8 Å². The van der Waals surface area contributed by atoms with Gasteiger partial charge in [-0.1, -0.05) is 0 Å². The quantitative estimate of drug-likeness (QED) is 0.867. The first-order valence-electron chi connectivity index (χ1n) is 5.63. The first-order valence-corrected chi connectivity index (χ1v) is 8.68. The standard InChI is InChI=1S/C10H15BrN2O2S2/c1-2-12-5-7-13(8-6-12)17(14,15)10-4-3-9(11)16-10/h3-4H,2,5-8H2,1H3/p+1. The molecule has 0 bridgehead atoms. The Morgan fingerprint density at radius 3 is 2.53 bits per heavy atom. The SMILES string of the molecule is CC[NH+]1CCN(S(=O)(=O)c2ccc(Br)s2)CC1. The fourth-order valence-electron chi connectivity index (χ4n) is 1.96. The molecule has 1 aromatic heterocycles. The lowest BCUT2D eigenvalue weighted by Gasteiger charge is -2.30. The van der Waals surface area contributed by atoms with Crippen LogP contribution in [0, 0.1) is 0 Å². The van der Waals surface area contributed by atoms with E-state index in [1.165, 1.54) is 16.2 Å². The van der Waals surface area contributed by atoms with Gasteiger partial charge in [-0.2, -0.15) is 4.31 Å². The van der Waals surface area contributed by atoms with Crippen LogP contribution >= 0.6 is 27.3 Å². The van der Waals surface area contributed by atoms with Crippen LogP contribution < -0.4 is 4.90 Å². The van der Waals surface area contributed by atoms with Gasteiger partial charge in [-0.3, -0.25) is 0 Å². The zero-order valence-electron chi connectivity index (χ0n) is 9.65. The molecule has 1 aliphatic rings. The maximum absolute atomic E-state index is 12.3. The Morgan fingerprint density at radius 2 is 2.06 bits per heavy atom. The van der Waals surface area contributed by atoms with Crippen molar-refractivity contribution in [2.75, 3.05) is 32.7 Å². The molecule has 0 radical (unpaired) electrons. The van der Waals surface area contributed by atoms with E-state index in [4.69, 9.17) is 0 Å². The number of piperazine rings is 1. The van der Waals surface area contributed by atoms with E-state index >= 15 is 0 Å². The summed E-state index contributed by atoms with van der Waals surface area (Å²) >= 11 is 4.58. The molecule has 0 spiro atoms. The molecule has 17 heavy (non-hydrogen) atoms. The van der Waals surface area contributed by atoms with Crippen molar-refractivity contribution in [3.63, 3.8) is 0 Å². The minimum Gasteiger partial charge on any atom is -0.333 e. The molecule has 7 heteroatoms. The fraction of sp³-hybridized carbons (Fsp3) is 0.600. The molecule has 0 saturated carbocycles. The highest BCUT2D eigenvalue weighted by Crippen LogP contribution is 2.28. The average Bonchev–Trinajstić information content (AvgIpc) is 2.77. The number of sulfonamides is 1. The van der Waals surface area contributed by atoms with E-state index in [1.807, 2.05) is 0 Å². The molecule has 0 aliphatic carbocycles. The molecule has 0 atom stereocenters. The third-order valence-electron chi connectivity index (χ3n) is 3.07. The van der Waals surface area contributed by atoms with Gasteiger partial charge in [-0.05, 0) is 35.0 Å². The lowest BCUT2D eigenvalue weighted by molar-refractivity contribution is -0.901. The Kier molecular flexibility index (Phi) is 4.25. The van der Waals surface area contributed by atoms with Crippen molar-refractivity contribution < 1.29 is 13.3 Å². The highest BCUT2D eigenvalue weighted by molar-refractivity contribution is 9.11. The second kappa shape index (κ2) is 5.36. The van der Waals surface area contributed by atoms with E-state index in [-0.39, 0.29) is 0 Å². The van der Waals surface area contributed by atoms with Crippen LogP contribution in [0.15, 0.2) is 20.1 Å². The van der Waals surface area contributed by atoms with Crippen molar-refractivity contribution >= 4 is 37.3 Å². The molecule has 2 rings (SSSR count). The maximum Gasteiger partial charge on any atom is 0.252 e. The third kappa shape index (κ3) is 2.90. The predicted octanol–water partition coefficient (Wildman–Crippen LogP) is 0.420. The van der Waals surface area contributed by atoms with Gasteiger partial charge < -0.3 is 4.90 Å². The first-order chi connectivity index (χ1) is 8.04. The summed E-state index contributed by atoms with van der Waals surface area (Å²) in [5.41, 5.74) is 0. The lowest BCUT2D eigenvalue weighted by atomic mass is 10.4. The van der Waals surface area contributed by atoms with Crippen molar-refractivity contribution in [1.29, 1.82) is 0 Å². The van der Waals surface area contributed by atoms with Gasteiger partial charge in [0.2, 0.25) is 0 Å². The van der Waals surface area contributed by atoms with Crippen LogP contribution in [0.1, 0.15) is 6.92 Å². The Balaban J connectivity index is 2.12. The number of quaternary nitrogens is 1. The van der Waals surface area contributed by atoms with E-state index in [2.05, 4.69) is 22.9 Å². The van der Waals surface area contributed by atoms with Gasteiger partial charge in [0.1, 0.15) is 4.21 Å². The number of nitrogens with one attached hydrogen (secondary N) is 1. The molecule has 1 fully saturated rings. The van der Waals surface area contributed by atoms with Crippen molar-refractivity contribution in [1.82, 2.24) is 4.31 Å². The average molecular weight is 340 g/mol. The number of halogens is 1. The Morgan fingerprint density at radius 1 is 1.41 bits per heavy atom. The van der Waals surface area contributed by atoms with Crippen LogP contribution in [0.2, 0.25) is 0 Å². The van der Waals surface area contributed by atoms with Crippen LogP contribution in [0.3, 0.4) is 0 Å². The number of hydrogen-bond donors (Lipinski definition) is 1. The van der Waals surface area contributed by atoms with Crippen LogP contribution in [0.25, 0.3) is 0 Å². The van der Waals surface area contributed by atoms with Crippen molar-refractivity contribution in [3.05, 3.63) is 15.9 Å². The van der Waals surface area contributed by atoms with Gasteiger partial charge in [0, 0.05) is 0 Å². The fourth-order valence-corrected chi connectivity index (χ4v) is 5.57. The molecule has 96 valence electrons. The molecule has 1 aliphatic heterocycles. The van der Waals surface area contributed by atoms with Crippen LogP contribution in [0.4, 0.5) is 0 Å². The molecule has 2 heterocycles. The summed E-state index contributed by atoms with van der Waals surface area (Å²) in [6.07, 6.45) is 0. The van der Waals surface area contributed by atoms with Crippen LogP contribution in [-0.2, 0) is 10.0 Å². The number of nitrogens with zero attached hydrogens (tertiary/aromatic N) is 1. The zero-order chi connectivity index (χ0) is 12.5. The van der Waals surface area contributed by atoms with E-state index in [0.29, 0.717) is 17.3 Å². The van der Waals surface area contributed by atoms with Gasteiger partial charge in [-0.25, -0.2) is 8.42 Å². The lowest BCUT2D eigenvalue weighted by Crippen LogP contribution is -3.14. The Hall–Kier alpha value is 0.0500. The second-order valence-electron chi connectivity index (χ2n) is 4.07. The molecule has 4 nitrogen and oxygen atoms in total. The molecule has 0 aromatic carbocycles. The van der Waals surface area contributed by atoms with Gasteiger partial charge in [-0.15, -0.1) is 11.3 Å². The summed E-state index contributed by atoms with van der Waals surface area (Å²) in [7, 11) is -3.26. The number of rotatable bonds is 3. The van der Waals surface area contributed by atoms with Crippen molar-refractivity contribution in [3.8, 4) is 0 Å². The van der Waals surface area contributed by atoms with Crippen LogP contribution in [0.5, 0.6) is 0 Å². The number of likely N-dealkylation sites (N-methyl/N-ethyl adjacent to an activating group) is 1. The van der Waals surface area contributed by atoms with E-state index in [0.717, 1.165) is 23.4 Å². The number of hydrogen-bond acceptors (Lipinski definition) is 3. The van der Waals surface area contributed by atoms with Crippen molar-refractivity contribution in [2.45, 2.75) is 11.1 Å². The van der Waals surface area contributed by atoms with E-state index in [9.17, 15) is 8.42 Å². The molecular weight excluding hydrogens is 324 g/mol. The first kappa shape index (κ1) is 13.5. The maximum atomic E-state index is 12.3. The molecule has 0 unspecified atom stereocenters. The molecule has 1 saturated heterocycles. The summed E-state index contributed by atoms with van der Waals surface area (Å²) in [5.74, 6) is 0. The Bertz CT molecular complexity index is 478. The van der Waals surface area contributed by atoms with Gasteiger partial charge in [0.05, 0.1) is 36.5 Å². The van der Waals surface area contributed by atoms with Gasteiger partial charge >= 0.3 is 0 Å². The van der Waals surface area contributed by atoms with E-state index in [1.54, 1.807) is 16.4 Å². The monoisotopic (exact) mass is 339 g/mol. The normalized spacial score (nSPS) is 19.6. The summed E-state index contributed by atoms with van der Waals surface area (Å²) in [4.78, 5) is 1.48.